The van der Waals surface area contributed by atoms with Gasteiger partial charge in [-0.05, 0) is 128 Å². The number of nitrogens with one attached hydrogen (secondary N) is 1. The third kappa shape index (κ3) is 57.2. The number of rotatable bonds is 49. The van der Waals surface area contributed by atoms with Crippen molar-refractivity contribution in [3.05, 3.63) is 182 Å². The maximum atomic E-state index is 12.9. The van der Waals surface area contributed by atoms with Crippen molar-refractivity contribution in [1.82, 2.24) is 5.32 Å². The summed E-state index contributed by atoms with van der Waals surface area (Å²) in [5.41, 5.74) is 0. The van der Waals surface area contributed by atoms with Crippen LogP contribution in [0.4, 0.5) is 0 Å². The number of carbonyl (C=O) groups excluding carboxylic acids is 1. The van der Waals surface area contributed by atoms with Crippen LogP contribution in [0, 0.1) is 0 Å². The van der Waals surface area contributed by atoms with Gasteiger partial charge in [0, 0.05) is 6.42 Å². The van der Waals surface area contributed by atoms with E-state index < -0.39 is 20.0 Å². The number of carbonyl (C=O) groups is 1. The highest BCUT2D eigenvalue weighted by molar-refractivity contribution is 7.47. The number of amides is 1. The molecule has 3 atom stereocenters. The second-order valence-corrected chi connectivity index (χ2v) is 21.0. The topological polar surface area (TPSA) is 105 Å². The molecular weight excluding hydrogens is 948 g/mol. The van der Waals surface area contributed by atoms with E-state index in [0.717, 1.165) is 141 Å². The number of phosphoric ester groups is 1. The Hall–Kier alpha value is -4.40. The van der Waals surface area contributed by atoms with E-state index >= 15 is 0 Å². The van der Waals surface area contributed by atoms with Gasteiger partial charge in [0.1, 0.15) is 13.2 Å². The minimum atomic E-state index is -4.37. The lowest BCUT2D eigenvalue weighted by molar-refractivity contribution is -0.870. The number of phosphoric acid groups is 1. The molecule has 0 radical (unpaired) electrons. The molecule has 0 rings (SSSR count). The lowest BCUT2D eigenvalue weighted by Crippen LogP contribution is -2.45. The van der Waals surface area contributed by atoms with Crippen molar-refractivity contribution < 1.29 is 32.9 Å². The van der Waals surface area contributed by atoms with E-state index in [0.29, 0.717) is 17.4 Å². The summed E-state index contributed by atoms with van der Waals surface area (Å²) in [6, 6.07) is -0.896. The maximum Gasteiger partial charge on any atom is 0.472 e. The third-order valence-electron chi connectivity index (χ3n) is 11.3. The van der Waals surface area contributed by atoms with E-state index in [-0.39, 0.29) is 19.1 Å². The summed E-state index contributed by atoms with van der Waals surface area (Å²) in [4.78, 5) is 23.2. The Kier molecular flexibility index (Phi) is 51.2. The summed E-state index contributed by atoms with van der Waals surface area (Å²) in [6.45, 7) is 4.56. The zero-order valence-corrected chi connectivity index (χ0v) is 48.6. The minimum Gasteiger partial charge on any atom is -0.387 e. The SMILES string of the molecule is CC/C=C\C/C=C\C/C=C\C/C=C\C/C=C\C/C=C\C/C=C\C/C=C\C/C=C\C/C=C\C/C=C\C/C=C\CCCCCCC(=O)NC(COP(=O)(O)OCC[N+](C)(C)C)C(O)/C=C/CC/C=C/CC/C=C/CCCC. The van der Waals surface area contributed by atoms with Gasteiger partial charge in [-0.25, -0.2) is 4.57 Å². The number of hydrogen-bond acceptors (Lipinski definition) is 5. The summed E-state index contributed by atoms with van der Waals surface area (Å²) in [5, 5.41) is 13.8. The molecule has 0 bridgehead atoms. The van der Waals surface area contributed by atoms with Gasteiger partial charge in [-0.2, -0.15) is 0 Å². The number of allylic oxidation sites excluding steroid dienone is 29. The molecule has 0 saturated heterocycles. The van der Waals surface area contributed by atoms with E-state index in [1.54, 1.807) is 6.08 Å². The molecule has 3 N–H and O–H groups in total. The van der Waals surface area contributed by atoms with Crippen LogP contribution in [-0.2, 0) is 18.4 Å². The second kappa shape index (κ2) is 54.4. The van der Waals surface area contributed by atoms with E-state index in [2.05, 4.69) is 189 Å². The first-order valence-corrected chi connectivity index (χ1v) is 30.2. The van der Waals surface area contributed by atoms with Crippen molar-refractivity contribution in [1.29, 1.82) is 0 Å². The minimum absolute atomic E-state index is 0.0377. The summed E-state index contributed by atoms with van der Waals surface area (Å²) in [7, 11) is 1.49. The summed E-state index contributed by atoms with van der Waals surface area (Å²) in [5.74, 6) is -0.226. The van der Waals surface area contributed by atoms with Crippen LogP contribution in [0.15, 0.2) is 182 Å². The molecule has 1 amide bonds. The highest BCUT2D eigenvalue weighted by atomic mass is 31.2. The van der Waals surface area contributed by atoms with E-state index in [4.69, 9.17) is 9.05 Å². The fourth-order valence-corrected chi connectivity index (χ4v) is 7.60. The van der Waals surface area contributed by atoms with Crippen molar-refractivity contribution in [2.24, 2.45) is 0 Å². The number of nitrogens with zero attached hydrogens (tertiary/aromatic N) is 1. The number of aliphatic hydroxyl groups is 1. The number of hydrogen-bond donors (Lipinski definition) is 3. The molecule has 0 spiro atoms. The van der Waals surface area contributed by atoms with Crippen LogP contribution in [0.5, 0.6) is 0 Å². The van der Waals surface area contributed by atoms with Crippen molar-refractivity contribution >= 4 is 13.7 Å². The van der Waals surface area contributed by atoms with Gasteiger partial charge in [0.2, 0.25) is 5.91 Å². The molecule has 0 aliphatic carbocycles. The molecule has 0 fully saturated rings. The quantitative estimate of drug-likeness (QED) is 0.0243. The molecule has 0 aromatic heterocycles. The van der Waals surface area contributed by atoms with E-state index in [9.17, 15) is 19.4 Å². The molecule has 3 unspecified atom stereocenters. The number of aliphatic hydroxyl groups excluding tert-OH is 1. The van der Waals surface area contributed by atoms with Gasteiger partial charge < -0.3 is 19.8 Å². The van der Waals surface area contributed by atoms with Gasteiger partial charge in [-0.1, -0.05) is 222 Å². The van der Waals surface area contributed by atoms with E-state index in [1.165, 1.54) is 12.8 Å². The Bertz CT molecular complexity index is 1860. The van der Waals surface area contributed by atoms with Crippen molar-refractivity contribution in [2.45, 2.75) is 187 Å². The first-order chi connectivity index (χ1) is 36.5. The maximum absolute atomic E-state index is 12.9. The number of likely N-dealkylation sites (N-methyl/N-ethyl adjacent to an activating group) is 1. The van der Waals surface area contributed by atoms with Gasteiger partial charge in [0.15, 0.2) is 0 Å². The first kappa shape index (κ1) is 70.6. The smallest absolute Gasteiger partial charge is 0.387 e. The molecule has 9 heteroatoms. The monoisotopic (exact) mass is 1050 g/mol. The molecule has 0 saturated carbocycles. The van der Waals surface area contributed by atoms with Gasteiger partial charge in [-0.3, -0.25) is 13.8 Å². The van der Waals surface area contributed by atoms with E-state index in [1.807, 2.05) is 27.2 Å². The molecule has 0 aromatic carbocycles. The number of unbranched alkanes of at least 4 members (excludes halogenated alkanes) is 8. The molecule has 0 aliphatic rings. The first-order valence-electron chi connectivity index (χ1n) is 28.7. The largest absolute Gasteiger partial charge is 0.472 e. The standard InChI is InChI=1S/C66H105N2O6P/c1-6-8-10-12-14-16-18-20-21-22-23-24-25-26-27-28-29-30-31-32-33-34-35-36-37-38-39-40-41-42-43-44-45-46-47-48-50-52-54-56-58-60-66(70)67-64(63-74-75(71,72)73-62-61-68(3,4)5)65(69)59-57-55-53-51-49-19-17-15-13-11-9-7-2/h8,10,13-16,20-21,23-24,26-27,29-30,32-33,35-36,38-39,41-42,44-45,47-49,51,57,59,64-65,69H,6-7,9,11-12,17-19,22,25,28,31,34,37,40,43,46,50,52-56,58,60-63H2,1-5H3,(H-,67,70,71,72)/p+1/b10-8-,15-13+,16-14-,21-20-,24-23-,27-26-,30-29-,33-32-,36-35-,39-38-,42-41-,45-44-,48-47-,51-49+,59-57+. The lowest BCUT2D eigenvalue weighted by atomic mass is 10.1. The summed E-state index contributed by atoms with van der Waals surface area (Å²) >= 11 is 0. The van der Waals surface area contributed by atoms with Crippen LogP contribution in [0.2, 0.25) is 0 Å². The van der Waals surface area contributed by atoms with Crippen molar-refractivity contribution in [2.75, 3.05) is 40.9 Å². The third-order valence-corrected chi connectivity index (χ3v) is 12.3. The van der Waals surface area contributed by atoms with Crippen LogP contribution >= 0.6 is 7.82 Å². The molecule has 0 aliphatic heterocycles. The normalized spacial score (nSPS) is 15.2. The highest BCUT2D eigenvalue weighted by Gasteiger charge is 2.27. The zero-order valence-electron chi connectivity index (χ0n) is 47.7. The average molecular weight is 1050 g/mol. The molecule has 75 heavy (non-hydrogen) atoms. The fraction of sp³-hybridized carbons (Fsp3) is 0.530. The molecule has 0 heterocycles. The fourth-order valence-electron chi connectivity index (χ4n) is 6.86. The Morgan fingerprint density at radius 2 is 0.813 bits per heavy atom. The molecule has 8 nitrogen and oxygen atoms in total. The van der Waals surface area contributed by atoms with Crippen molar-refractivity contribution in [3.8, 4) is 0 Å². The predicted octanol–water partition coefficient (Wildman–Crippen LogP) is 17.8. The predicted molar refractivity (Wildman–Crippen MR) is 326 cm³/mol. The van der Waals surface area contributed by atoms with Gasteiger partial charge >= 0.3 is 7.82 Å². The Balaban J connectivity index is 4.22. The Morgan fingerprint density at radius 1 is 0.467 bits per heavy atom. The van der Waals surface area contributed by atoms with Crippen LogP contribution in [0.25, 0.3) is 0 Å². The molecule has 420 valence electrons. The highest BCUT2D eigenvalue weighted by Crippen LogP contribution is 2.43. The van der Waals surface area contributed by atoms with Crippen LogP contribution in [0.3, 0.4) is 0 Å². The average Bonchev–Trinajstić information content (AvgIpc) is 3.37. The van der Waals surface area contributed by atoms with Gasteiger partial charge in [-0.15, -0.1) is 0 Å². The van der Waals surface area contributed by atoms with Crippen molar-refractivity contribution in [3.63, 3.8) is 0 Å². The summed E-state index contributed by atoms with van der Waals surface area (Å²) in [6.07, 6.45) is 88.7. The Morgan fingerprint density at radius 3 is 1.21 bits per heavy atom. The molecular formula is C66H106N2O6P+. The van der Waals surface area contributed by atoms with Gasteiger partial charge in [0.25, 0.3) is 0 Å². The lowest BCUT2D eigenvalue weighted by Gasteiger charge is -2.25. The van der Waals surface area contributed by atoms with Crippen LogP contribution in [0.1, 0.15) is 174 Å². The molecule has 0 aromatic rings. The second-order valence-electron chi connectivity index (χ2n) is 19.6. The number of quaternary nitrogens is 1. The summed E-state index contributed by atoms with van der Waals surface area (Å²) < 4.78 is 23.6. The zero-order chi connectivity index (χ0) is 54.9. The van der Waals surface area contributed by atoms with Crippen LogP contribution < -0.4 is 5.32 Å². The Labute approximate surface area is 459 Å². The van der Waals surface area contributed by atoms with Crippen LogP contribution in [-0.4, -0.2) is 73.4 Å². The van der Waals surface area contributed by atoms with Gasteiger partial charge in [0.05, 0.1) is 39.9 Å².